The second-order valence-corrected chi connectivity index (χ2v) is 4.53. The first-order valence-electron chi connectivity index (χ1n) is 6.37. The van der Waals surface area contributed by atoms with Crippen molar-refractivity contribution >= 4 is 5.97 Å². The summed E-state index contributed by atoms with van der Waals surface area (Å²) in [6, 6.07) is 7.21. The summed E-state index contributed by atoms with van der Waals surface area (Å²) in [5, 5.41) is 18.2. The van der Waals surface area contributed by atoms with Crippen LogP contribution in [0.1, 0.15) is 31.7 Å². The Kier molecular flexibility index (Phi) is 5.79. The zero-order valence-corrected chi connectivity index (χ0v) is 11.1. The lowest BCUT2D eigenvalue weighted by Crippen LogP contribution is -2.47. The summed E-state index contributed by atoms with van der Waals surface area (Å²) in [7, 11) is 0. The summed E-state index contributed by atoms with van der Waals surface area (Å²) in [5.41, 5.74) is 5.32. The molecule has 1 rings (SSSR count). The number of aliphatic hydroxyl groups is 1. The van der Waals surface area contributed by atoms with E-state index >= 15 is 0 Å². The Balaban J connectivity index is 2.45. The Labute approximate surface area is 113 Å². The maximum atomic E-state index is 11.0. The van der Waals surface area contributed by atoms with Crippen LogP contribution in [0.3, 0.4) is 0 Å². The maximum absolute atomic E-state index is 11.0. The van der Waals surface area contributed by atoms with Crippen LogP contribution in [-0.4, -0.2) is 28.3 Å². The summed E-state index contributed by atoms with van der Waals surface area (Å²) in [6.45, 7) is 2.06. The van der Waals surface area contributed by atoms with Crippen molar-refractivity contribution in [2.45, 2.75) is 38.3 Å². The Bertz CT molecular complexity index is 422. The molecule has 4 N–H and O–H groups in total. The van der Waals surface area contributed by atoms with Gasteiger partial charge in [-0.2, -0.15) is 0 Å². The number of ether oxygens (including phenoxy) is 1. The minimum atomic E-state index is -1.18. The predicted octanol–water partition coefficient (Wildman–Crippen LogP) is 1.53. The highest BCUT2D eigenvalue weighted by atomic mass is 16.5. The lowest BCUT2D eigenvalue weighted by molar-refractivity contribution is -0.143. The number of nitrogens with two attached hydrogens (primary N) is 1. The van der Waals surface area contributed by atoms with Crippen molar-refractivity contribution in [1.29, 1.82) is 0 Å². The van der Waals surface area contributed by atoms with Crippen LogP contribution in [0.5, 0.6) is 5.75 Å². The van der Waals surface area contributed by atoms with E-state index in [9.17, 15) is 4.79 Å². The quantitative estimate of drug-likeness (QED) is 0.621. The van der Waals surface area contributed by atoms with Gasteiger partial charge in [0.05, 0.1) is 13.2 Å². The monoisotopic (exact) mass is 267 g/mol. The Morgan fingerprint density at radius 3 is 2.68 bits per heavy atom. The molecule has 1 unspecified atom stereocenters. The van der Waals surface area contributed by atoms with Crippen LogP contribution in [0.4, 0.5) is 0 Å². The molecule has 19 heavy (non-hydrogen) atoms. The minimum absolute atomic E-state index is 0.0823. The lowest BCUT2D eigenvalue weighted by Gasteiger charge is -2.22. The average Bonchev–Trinajstić information content (AvgIpc) is 2.43. The van der Waals surface area contributed by atoms with Gasteiger partial charge in [0.15, 0.2) is 0 Å². The van der Waals surface area contributed by atoms with Crippen molar-refractivity contribution in [2.24, 2.45) is 5.73 Å². The highest BCUT2D eigenvalue weighted by molar-refractivity contribution is 5.78. The van der Waals surface area contributed by atoms with E-state index in [0.29, 0.717) is 31.6 Å². The van der Waals surface area contributed by atoms with E-state index in [1.807, 2.05) is 12.1 Å². The standard InChI is InChI=1S/C14H21NO4/c1-2-14(15,13(17)18)8-5-9-19-12-7-4-3-6-11(12)10-16/h3-4,6-7,16H,2,5,8-10,15H2,1H3,(H,17,18). The third-order valence-corrected chi connectivity index (χ3v) is 3.22. The molecule has 0 saturated carbocycles. The number of rotatable bonds is 8. The third kappa shape index (κ3) is 4.22. The minimum Gasteiger partial charge on any atom is -0.493 e. The number of benzene rings is 1. The summed E-state index contributed by atoms with van der Waals surface area (Å²) in [4.78, 5) is 11.0. The molecular formula is C14H21NO4. The van der Waals surface area contributed by atoms with Crippen LogP contribution in [0, 0.1) is 0 Å². The molecule has 0 amide bonds. The fourth-order valence-corrected chi connectivity index (χ4v) is 1.78. The van der Waals surface area contributed by atoms with Crippen molar-refractivity contribution in [2.75, 3.05) is 6.61 Å². The van der Waals surface area contributed by atoms with E-state index in [0.717, 1.165) is 5.56 Å². The van der Waals surface area contributed by atoms with Gasteiger partial charge < -0.3 is 20.7 Å². The van der Waals surface area contributed by atoms with E-state index in [1.54, 1.807) is 19.1 Å². The first kappa shape index (κ1) is 15.5. The molecule has 0 aliphatic carbocycles. The zero-order valence-electron chi connectivity index (χ0n) is 11.1. The molecule has 0 bridgehead atoms. The van der Waals surface area contributed by atoms with Crippen LogP contribution >= 0.6 is 0 Å². The number of para-hydroxylation sites is 1. The van der Waals surface area contributed by atoms with Gasteiger partial charge >= 0.3 is 5.97 Å². The molecule has 1 atom stereocenters. The number of aliphatic hydroxyl groups excluding tert-OH is 1. The molecular weight excluding hydrogens is 246 g/mol. The Hall–Kier alpha value is -1.59. The third-order valence-electron chi connectivity index (χ3n) is 3.22. The topological polar surface area (TPSA) is 92.8 Å². The Morgan fingerprint density at radius 2 is 2.11 bits per heavy atom. The van der Waals surface area contributed by atoms with Gasteiger partial charge in [-0.15, -0.1) is 0 Å². The molecule has 1 aromatic rings. The lowest BCUT2D eigenvalue weighted by atomic mass is 9.92. The molecule has 1 aromatic carbocycles. The van der Waals surface area contributed by atoms with E-state index in [-0.39, 0.29) is 6.61 Å². The normalized spacial score (nSPS) is 13.8. The molecule has 0 heterocycles. The fraction of sp³-hybridized carbons (Fsp3) is 0.500. The summed E-state index contributed by atoms with van der Waals surface area (Å²) in [6.07, 6.45) is 1.30. The van der Waals surface area contributed by atoms with Gasteiger partial charge in [0, 0.05) is 5.56 Å². The van der Waals surface area contributed by atoms with Gasteiger partial charge in [-0.25, -0.2) is 0 Å². The van der Waals surface area contributed by atoms with E-state index in [1.165, 1.54) is 0 Å². The van der Waals surface area contributed by atoms with Crippen LogP contribution in [0.15, 0.2) is 24.3 Å². The Morgan fingerprint density at radius 1 is 1.42 bits per heavy atom. The number of hydrogen-bond acceptors (Lipinski definition) is 4. The number of carbonyl (C=O) groups is 1. The van der Waals surface area contributed by atoms with Crippen LogP contribution in [0.25, 0.3) is 0 Å². The summed E-state index contributed by atoms with van der Waals surface area (Å²) in [5.74, 6) is -0.356. The summed E-state index contributed by atoms with van der Waals surface area (Å²) >= 11 is 0. The van der Waals surface area contributed by atoms with Crippen molar-refractivity contribution in [1.82, 2.24) is 0 Å². The predicted molar refractivity (Wildman–Crippen MR) is 71.9 cm³/mol. The zero-order chi connectivity index (χ0) is 14.3. The van der Waals surface area contributed by atoms with Gasteiger partial charge in [-0.05, 0) is 25.3 Å². The number of carboxylic acids is 1. The van der Waals surface area contributed by atoms with Crippen LogP contribution in [-0.2, 0) is 11.4 Å². The molecule has 5 nitrogen and oxygen atoms in total. The molecule has 0 fully saturated rings. The summed E-state index contributed by atoms with van der Waals surface area (Å²) < 4.78 is 5.54. The number of carboxylic acid groups (broad SMARTS) is 1. The average molecular weight is 267 g/mol. The van der Waals surface area contributed by atoms with Crippen LogP contribution in [0.2, 0.25) is 0 Å². The van der Waals surface area contributed by atoms with E-state index < -0.39 is 11.5 Å². The van der Waals surface area contributed by atoms with E-state index in [2.05, 4.69) is 0 Å². The van der Waals surface area contributed by atoms with Gasteiger partial charge in [-0.3, -0.25) is 4.79 Å². The smallest absolute Gasteiger partial charge is 0.323 e. The van der Waals surface area contributed by atoms with Crippen molar-refractivity contribution in [3.63, 3.8) is 0 Å². The van der Waals surface area contributed by atoms with Gasteiger partial charge in [-0.1, -0.05) is 25.1 Å². The number of aliphatic carboxylic acids is 1. The second-order valence-electron chi connectivity index (χ2n) is 4.53. The van der Waals surface area contributed by atoms with Gasteiger partial charge in [0.2, 0.25) is 0 Å². The SMILES string of the molecule is CCC(N)(CCCOc1ccccc1CO)C(=O)O. The number of hydrogen-bond donors (Lipinski definition) is 3. The maximum Gasteiger partial charge on any atom is 0.323 e. The molecule has 0 saturated heterocycles. The highest BCUT2D eigenvalue weighted by Gasteiger charge is 2.30. The van der Waals surface area contributed by atoms with Gasteiger partial charge in [0.25, 0.3) is 0 Å². The highest BCUT2D eigenvalue weighted by Crippen LogP contribution is 2.19. The molecule has 0 aromatic heterocycles. The first-order chi connectivity index (χ1) is 9.03. The van der Waals surface area contributed by atoms with Crippen molar-refractivity contribution in [3.8, 4) is 5.75 Å². The molecule has 0 aliphatic rings. The van der Waals surface area contributed by atoms with Crippen molar-refractivity contribution < 1.29 is 19.7 Å². The second kappa shape index (κ2) is 7.11. The van der Waals surface area contributed by atoms with Crippen LogP contribution < -0.4 is 10.5 Å². The molecule has 0 spiro atoms. The fourth-order valence-electron chi connectivity index (χ4n) is 1.78. The van der Waals surface area contributed by atoms with E-state index in [4.69, 9.17) is 20.7 Å². The van der Waals surface area contributed by atoms with Gasteiger partial charge in [0.1, 0.15) is 11.3 Å². The van der Waals surface area contributed by atoms with Crippen molar-refractivity contribution in [3.05, 3.63) is 29.8 Å². The largest absolute Gasteiger partial charge is 0.493 e. The molecule has 106 valence electrons. The molecule has 0 aliphatic heterocycles. The molecule has 0 radical (unpaired) electrons. The molecule has 5 heteroatoms. The first-order valence-corrected chi connectivity index (χ1v) is 6.37.